The van der Waals surface area contributed by atoms with Gasteiger partial charge in [-0.1, -0.05) is 29.8 Å². The first kappa shape index (κ1) is 11.2. The van der Waals surface area contributed by atoms with Crippen molar-refractivity contribution in [1.29, 1.82) is 0 Å². The van der Waals surface area contributed by atoms with E-state index in [1.54, 1.807) is 6.07 Å². The molecule has 1 N–H and O–H groups in total. The number of aromatic hydroxyl groups is 1. The third kappa shape index (κ3) is 1.95. The largest absolute Gasteiger partial charge is 0.507 e. The summed E-state index contributed by atoms with van der Waals surface area (Å²) in [6.45, 7) is 0.744. The summed E-state index contributed by atoms with van der Waals surface area (Å²) >= 11 is 5.98. The first-order valence-corrected chi connectivity index (χ1v) is 6.13. The number of phenols is 1. The zero-order chi connectivity index (χ0) is 12.5. The molecule has 3 aromatic rings. The molecule has 0 radical (unpaired) electrons. The molecule has 0 unspecified atom stereocenters. The highest BCUT2D eigenvalue weighted by Crippen LogP contribution is 2.26. The quantitative estimate of drug-likeness (QED) is 0.736. The highest BCUT2D eigenvalue weighted by atomic mass is 35.5. The fraction of sp³-hybridized carbons (Fsp3) is 0.0667. The van der Waals surface area contributed by atoms with Crippen LogP contribution in [0.2, 0.25) is 5.02 Å². The van der Waals surface area contributed by atoms with Crippen molar-refractivity contribution in [3.8, 4) is 5.75 Å². The lowest BCUT2D eigenvalue weighted by molar-refractivity contribution is 0.481. The smallest absolute Gasteiger partial charge is 0.124 e. The van der Waals surface area contributed by atoms with Crippen LogP contribution >= 0.6 is 11.6 Å². The van der Waals surface area contributed by atoms with Crippen LogP contribution in [-0.4, -0.2) is 9.67 Å². The second-order valence-corrected chi connectivity index (χ2v) is 4.72. The van der Waals surface area contributed by atoms with E-state index in [9.17, 15) is 5.11 Å². The Balaban J connectivity index is 2.03. The van der Waals surface area contributed by atoms with Gasteiger partial charge in [0.2, 0.25) is 0 Å². The van der Waals surface area contributed by atoms with E-state index >= 15 is 0 Å². The molecule has 1 heterocycles. The third-order valence-electron chi connectivity index (χ3n) is 3.03. The van der Waals surface area contributed by atoms with Crippen LogP contribution in [0.1, 0.15) is 5.56 Å². The van der Waals surface area contributed by atoms with E-state index in [4.69, 9.17) is 11.6 Å². The highest BCUT2D eigenvalue weighted by Gasteiger charge is 2.05. The Labute approximate surface area is 110 Å². The highest BCUT2D eigenvalue weighted by molar-refractivity contribution is 6.30. The number of halogens is 1. The zero-order valence-corrected chi connectivity index (χ0v) is 10.4. The Hall–Kier alpha value is -1.93. The van der Waals surface area contributed by atoms with Crippen molar-refractivity contribution in [2.75, 3.05) is 0 Å². The van der Waals surface area contributed by atoms with Crippen LogP contribution in [0, 0.1) is 0 Å². The van der Waals surface area contributed by atoms with Crippen LogP contribution < -0.4 is 0 Å². The van der Waals surface area contributed by atoms with Crippen LogP contribution in [0.25, 0.3) is 10.9 Å². The molecule has 18 heavy (non-hydrogen) atoms. The van der Waals surface area contributed by atoms with E-state index < -0.39 is 0 Å². The summed E-state index contributed by atoms with van der Waals surface area (Å²) in [7, 11) is 0. The van der Waals surface area contributed by atoms with Crippen LogP contribution in [0.4, 0.5) is 0 Å². The molecule has 90 valence electrons. The fourth-order valence-electron chi connectivity index (χ4n) is 2.18. The Morgan fingerprint density at radius 1 is 1.06 bits per heavy atom. The second-order valence-electron chi connectivity index (χ2n) is 4.28. The molecular weight excluding hydrogens is 246 g/mol. The van der Waals surface area contributed by atoms with E-state index in [0.717, 1.165) is 28.0 Å². The Bertz CT molecular complexity index is 703. The molecule has 0 bridgehead atoms. The lowest BCUT2D eigenvalue weighted by atomic mass is 10.2. The number of fused-ring (bicyclic) bond motifs is 1. The average Bonchev–Trinajstić information content (AvgIpc) is 2.74. The number of nitrogens with zero attached hydrogens (tertiary/aromatic N) is 1. The normalized spacial score (nSPS) is 10.9. The van der Waals surface area contributed by atoms with Crippen molar-refractivity contribution in [3.05, 3.63) is 65.3 Å². The molecule has 3 heteroatoms. The van der Waals surface area contributed by atoms with Crippen molar-refractivity contribution < 1.29 is 5.11 Å². The maximum atomic E-state index is 9.76. The summed E-state index contributed by atoms with van der Waals surface area (Å²) in [6.07, 6.45) is 1.98. The zero-order valence-electron chi connectivity index (χ0n) is 9.68. The topological polar surface area (TPSA) is 25.2 Å². The van der Waals surface area contributed by atoms with Crippen molar-refractivity contribution in [1.82, 2.24) is 4.57 Å². The molecule has 3 rings (SSSR count). The van der Waals surface area contributed by atoms with E-state index in [1.165, 1.54) is 0 Å². The van der Waals surface area contributed by atoms with Crippen molar-refractivity contribution in [3.63, 3.8) is 0 Å². The Kier molecular flexibility index (Phi) is 2.73. The molecule has 0 aliphatic carbocycles. The number of aromatic nitrogens is 1. The molecule has 0 saturated carbocycles. The van der Waals surface area contributed by atoms with Gasteiger partial charge in [-0.3, -0.25) is 0 Å². The predicted octanol–water partition coefficient (Wildman–Crippen LogP) is 4.05. The molecule has 0 aliphatic rings. The summed E-state index contributed by atoms with van der Waals surface area (Å²) in [6, 6.07) is 15.3. The Morgan fingerprint density at radius 2 is 1.89 bits per heavy atom. The molecule has 0 saturated heterocycles. The van der Waals surface area contributed by atoms with Gasteiger partial charge in [0.05, 0.1) is 5.52 Å². The summed E-state index contributed by atoms with van der Waals surface area (Å²) in [5.74, 6) is 0.317. The van der Waals surface area contributed by atoms with Crippen LogP contribution in [0.3, 0.4) is 0 Å². The molecule has 0 atom stereocenters. The van der Waals surface area contributed by atoms with Crippen LogP contribution in [0.15, 0.2) is 54.7 Å². The molecule has 2 aromatic carbocycles. The lowest BCUT2D eigenvalue weighted by Gasteiger charge is -2.06. The number of benzene rings is 2. The van der Waals surface area contributed by atoms with Gasteiger partial charge in [0.1, 0.15) is 5.75 Å². The van der Waals surface area contributed by atoms with Crippen molar-refractivity contribution in [2.24, 2.45) is 0 Å². The van der Waals surface area contributed by atoms with Gasteiger partial charge in [-0.15, -0.1) is 0 Å². The maximum absolute atomic E-state index is 9.76. The Morgan fingerprint density at radius 3 is 2.72 bits per heavy atom. The van der Waals surface area contributed by atoms with Gasteiger partial charge >= 0.3 is 0 Å². The number of phenolic OH excluding ortho intramolecular Hbond substituents is 1. The van der Waals surface area contributed by atoms with Gasteiger partial charge < -0.3 is 9.67 Å². The SMILES string of the molecule is Oc1cccc2c1ccn2Cc1cccc(Cl)c1. The van der Waals surface area contributed by atoms with E-state index in [1.807, 2.05) is 48.7 Å². The van der Waals surface area contributed by atoms with Crippen LogP contribution in [0.5, 0.6) is 5.75 Å². The van der Waals surface area contributed by atoms with E-state index in [-0.39, 0.29) is 0 Å². The van der Waals surface area contributed by atoms with Gasteiger partial charge in [0, 0.05) is 23.2 Å². The monoisotopic (exact) mass is 257 g/mol. The van der Waals surface area contributed by atoms with E-state index in [0.29, 0.717) is 5.75 Å². The first-order chi connectivity index (χ1) is 8.74. The molecule has 2 nitrogen and oxygen atoms in total. The number of hydrogen-bond donors (Lipinski definition) is 1. The maximum Gasteiger partial charge on any atom is 0.124 e. The van der Waals surface area contributed by atoms with Crippen LogP contribution in [-0.2, 0) is 6.54 Å². The van der Waals surface area contributed by atoms with Crippen molar-refractivity contribution in [2.45, 2.75) is 6.54 Å². The summed E-state index contributed by atoms with van der Waals surface area (Å²) in [5, 5.41) is 11.4. The predicted molar refractivity (Wildman–Crippen MR) is 74.2 cm³/mol. The van der Waals surface area contributed by atoms with E-state index in [2.05, 4.69) is 4.57 Å². The molecule has 0 amide bonds. The third-order valence-corrected chi connectivity index (χ3v) is 3.27. The van der Waals surface area contributed by atoms with Crippen molar-refractivity contribution >= 4 is 22.5 Å². The minimum atomic E-state index is 0.317. The summed E-state index contributed by atoms with van der Waals surface area (Å²) in [5.41, 5.74) is 2.17. The number of rotatable bonds is 2. The van der Waals surface area contributed by atoms with Gasteiger partial charge in [-0.25, -0.2) is 0 Å². The fourth-order valence-corrected chi connectivity index (χ4v) is 2.39. The minimum Gasteiger partial charge on any atom is -0.507 e. The lowest BCUT2D eigenvalue weighted by Crippen LogP contribution is -1.97. The minimum absolute atomic E-state index is 0.317. The molecule has 0 aliphatic heterocycles. The molecular formula is C15H12ClNO. The van der Waals surface area contributed by atoms with Gasteiger partial charge in [0.15, 0.2) is 0 Å². The molecule has 0 fully saturated rings. The molecule has 1 aromatic heterocycles. The van der Waals surface area contributed by atoms with Gasteiger partial charge in [-0.2, -0.15) is 0 Å². The second kappa shape index (κ2) is 4.39. The average molecular weight is 258 g/mol. The van der Waals surface area contributed by atoms with Gasteiger partial charge in [0.25, 0.3) is 0 Å². The molecule has 0 spiro atoms. The van der Waals surface area contributed by atoms with Gasteiger partial charge in [-0.05, 0) is 35.9 Å². The first-order valence-electron chi connectivity index (χ1n) is 5.75. The summed E-state index contributed by atoms with van der Waals surface area (Å²) in [4.78, 5) is 0. The number of hydrogen-bond acceptors (Lipinski definition) is 1. The standard InChI is InChI=1S/C15H12ClNO/c16-12-4-1-3-11(9-12)10-17-8-7-13-14(17)5-2-6-15(13)18/h1-9,18H,10H2. The summed E-state index contributed by atoms with van der Waals surface area (Å²) < 4.78 is 2.10.